The molecular formula is C17H25N3O. The summed E-state index contributed by atoms with van der Waals surface area (Å²) in [5.41, 5.74) is 7.54. The molecule has 4 heteroatoms. The van der Waals surface area contributed by atoms with Gasteiger partial charge in [-0.25, -0.2) is 0 Å². The van der Waals surface area contributed by atoms with Crippen LogP contribution in [0.4, 0.5) is 0 Å². The molecule has 3 atom stereocenters. The van der Waals surface area contributed by atoms with Gasteiger partial charge >= 0.3 is 0 Å². The number of hydrogen-bond acceptors (Lipinski definition) is 3. The summed E-state index contributed by atoms with van der Waals surface area (Å²) < 4.78 is 0. The second-order valence-electron chi connectivity index (χ2n) is 7.39. The maximum atomic E-state index is 12.5. The maximum Gasteiger partial charge on any atom is 0.270 e. The van der Waals surface area contributed by atoms with E-state index in [1.54, 1.807) is 12.3 Å². The third kappa shape index (κ3) is 2.08. The van der Waals surface area contributed by atoms with E-state index in [1.807, 2.05) is 6.07 Å². The topological polar surface area (TPSA) is 68.0 Å². The molecule has 4 nitrogen and oxygen atoms in total. The van der Waals surface area contributed by atoms with Gasteiger partial charge in [0.25, 0.3) is 5.91 Å². The molecule has 2 bridgehead atoms. The van der Waals surface area contributed by atoms with Crippen molar-refractivity contribution in [3.63, 3.8) is 0 Å². The largest absolute Gasteiger partial charge is 0.347 e. The predicted octanol–water partition coefficient (Wildman–Crippen LogP) is 2.48. The van der Waals surface area contributed by atoms with Gasteiger partial charge in [0, 0.05) is 18.8 Å². The van der Waals surface area contributed by atoms with Crippen LogP contribution in [0.3, 0.4) is 0 Å². The highest BCUT2D eigenvalue weighted by atomic mass is 16.1. The molecule has 21 heavy (non-hydrogen) atoms. The molecule has 0 aliphatic heterocycles. The summed E-state index contributed by atoms with van der Waals surface area (Å²) in [4.78, 5) is 16.7. The first kappa shape index (κ1) is 14.5. The predicted molar refractivity (Wildman–Crippen MR) is 82.6 cm³/mol. The quantitative estimate of drug-likeness (QED) is 0.897. The molecule has 0 saturated heterocycles. The van der Waals surface area contributed by atoms with Gasteiger partial charge in [-0.2, -0.15) is 0 Å². The standard InChI is InChI=1S/C17H25N3O/c1-16(2)12-4-6-17(16,3)14(9-12)20-15(21)13-8-11(10-18)5-7-19-13/h5,7-8,12,14H,4,6,9-10,18H2,1-3H3,(H,20,21)/t12-,14+,17+/m1/s1. The first-order chi connectivity index (χ1) is 9.88. The summed E-state index contributed by atoms with van der Waals surface area (Å²) in [6.07, 6.45) is 5.23. The van der Waals surface area contributed by atoms with Crippen molar-refractivity contribution >= 4 is 5.91 Å². The second-order valence-corrected chi connectivity index (χ2v) is 7.39. The summed E-state index contributed by atoms with van der Waals surface area (Å²) >= 11 is 0. The highest BCUT2D eigenvalue weighted by Gasteiger charge is 2.61. The first-order valence-electron chi connectivity index (χ1n) is 7.84. The van der Waals surface area contributed by atoms with Crippen LogP contribution in [0.5, 0.6) is 0 Å². The van der Waals surface area contributed by atoms with E-state index >= 15 is 0 Å². The molecule has 2 saturated carbocycles. The fraction of sp³-hybridized carbons (Fsp3) is 0.647. The Morgan fingerprint density at radius 3 is 2.81 bits per heavy atom. The monoisotopic (exact) mass is 287 g/mol. The highest BCUT2D eigenvalue weighted by Crippen LogP contribution is 2.65. The normalized spacial score (nSPS) is 33.1. The van der Waals surface area contributed by atoms with E-state index in [2.05, 4.69) is 31.1 Å². The van der Waals surface area contributed by atoms with E-state index < -0.39 is 0 Å². The molecule has 0 unspecified atom stereocenters. The lowest BCUT2D eigenvalue weighted by atomic mass is 9.69. The molecule has 114 valence electrons. The SMILES string of the molecule is CC1(C)[C@@H]2CC[C@@]1(C)[C@@H](NC(=O)c1cc(CN)ccn1)C2. The third-order valence-electron chi connectivity index (χ3n) is 6.39. The minimum atomic E-state index is -0.0696. The average molecular weight is 287 g/mol. The number of pyridine rings is 1. The number of aromatic nitrogens is 1. The van der Waals surface area contributed by atoms with Gasteiger partial charge in [0.05, 0.1) is 0 Å². The van der Waals surface area contributed by atoms with Crippen molar-refractivity contribution in [2.45, 2.75) is 52.6 Å². The summed E-state index contributed by atoms with van der Waals surface area (Å²) in [5, 5.41) is 3.23. The lowest BCUT2D eigenvalue weighted by molar-refractivity contribution is 0.0821. The first-order valence-corrected chi connectivity index (χ1v) is 7.84. The Balaban J connectivity index is 1.77. The molecule has 1 amide bonds. The average Bonchev–Trinajstić information content (AvgIpc) is 2.80. The number of amides is 1. The van der Waals surface area contributed by atoms with Crippen LogP contribution in [-0.4, -0.2) is 16.9 Å². The van der Waals surface area contributed by atoms with Gasteiger partial charge < -0.3 is 11.1 Å². The van der Waals surface area contributed by atoms with Crippen LogP contribution in [0.1, 0.15) is 56.1 Å². The smallest absolute Gasteiger partial charge is 0.270 e. The van der Waals surface area contributed by atoms with Crippen molar-refractivity contribution in [3.05, 3.63) is 29.6 Å². The number of rotatable bonds is 3. The molecule has 0 aromatic carbocycles. The van der Waals surface area contributed by atoms with Crippen molar-refractivity contribution in [1.29, 1.82) is 0 Å². The lowest BCUT2D eigenvalue weighted by Crippen LogP contribution is -2.47. The van der Waals surface area contributed by atoms with Gasteiger partial charge in [-0.3, -0.25) is 9.78 Å². The second kappa shape index (κ2) is 4.80. The fourth-order valence-electron chi connectivity index (χ4n) is 4.38. The molecule has 2 fully saturated rings. The molecule has 1 aromatic rings. The van der Waals surface area contributed by atoms with Crippen molar-refractivity contribution in [2.24, 2.45) is 22.5 Å². The number of nitrogens with two attached hydrogens (primary N) is 1. The molecular weight excluding hydrogens is 262 g/mol. The van der Waals surface area contributed by atoms with E-state index in [9.17, 15) is 4.79 Å². The fourth-order valence-corrected chi connectivity index (χ4v) is 4.38. The molecule has 2 aliphatic rings. The van der Waals surface area contributed by atoms with Crippen molar-refractivity contribution in [3.8, 4) is 0 Å². The molecule has 3 N–H and O–H groups in total. The van der Waals surface area contributed by atoms with Crippen LogP contribution < -0.4 is 11.1 Å². The molecule has 3 rings (SSSR count). The number of fused-ring (bicyclic) bond motifs is 2. The van der Waals surface area contributed by atoms with Crippen molar-refractivity contribution < 1.29 is 4.79 Å². The summed E-state index contributed by atoms with van der Waals surface area (Å²) in [6, 6.07) is 3.89. The van der Waals surface area contributed by atoms with Gasteiger partial charge in [0.2, 0.25) is 0 Å². The van der Waals surface area contributed by atoms with Crippen LogP contribution in [0.15, 0.2) is 18.3 Å². The number of hydrogen-bond donors (Lipinski definition) is 2. The number of nitrogens with zero attached hydrogens (tertiary/aromatic N) is 1. The van der Waals surface area contributed by atoms with Gasteiger partial charge in [0.15, 0.2) is 0 Å². The van der Waals surface area contributed by atoms with Gasteiger partial charge in [-0.1, -0.05) is 20.8 Å². The van der Waals surface area contributed by atoms with Crippen LogP contribution in [-0.2, 0) is 6.54 Å². The maximum absolute atomic E-state index is 12.5. The molecule has 0 radical (unpaired) electrons. The number of carbonyl (C=O) groups excluding carboxylic acids is 1. The summed E-state index contributed by atoms with van der Waals surface area (Å²) in [7, 11) is 0. The minimum absolute atomic E-state index is 0.0696. The van der Waals surface area contributed by atoms with E-state index in [4.69, 9.17) is 5.73 Å². The zero-order valence-electron chi connectivity index (χ0n) is 13.1. The van der Waals surface area contributed by atoms with Gasteiger partial charge in [-0.05, 0) is 53.7 Å². The van der Waals surface area contributed by atoms with E-state index in [-0.39, 0.29) is 17.4 Å². The zero-order chi connectivity index (χ0) is 15.3. The Hall–Kier alpha value is -1.42. The van der Waals surface area contributed by atoms with Crippen molar-refractivity contribution in [2.75, 3.05) is 0 Å². The van der Waals surface area contributed by atoms with Gasteiger partial charge in [0.1, 0.15) is 5.69 Å². The molecule has 1 aromatic heterocycles. The summed E-state index contributed by atoms with van der Waals surface area (Å²) in [5.74, 6) is 0.649. The Labute approximate surface area is 126 Å². The Kier molecular flexibility index (Phi) is 3.32. The number of nitrogens with one attached hydrogen (secondary N) is 1. The van der Waals surface area contributed by atoms with Gasteiger partial charge in [-0.15, -0.1) is 0 Å². The van der Waals surface area contributed by atoms with Crippen molar-refractivity contribution in [1.82, 2.24) is 10.3 Å². The van der Waals surface area contributed by atoms with Crippen LogP contribution in [0.2, 0.25) is 0 Å². The van der Waals surface area contributed by atoms with Crippen LogP contribution in [0.25, 0.3) is 0 Å². The Bertz CT molecular complexity index is 569. The van der Waals surface area contributed by atoms with E-state index in [0.29, 0.717) is 17.7 Å². The number of carbonyl (C=O) groups is 1. The molecule has 2 aliphatic carbocycles. The Morgan fingerprint density at radius 1 is 1.48 bits per heavy atom. The van der Waals surface area contributed by atoms with Crippen LogP contribution >= 0.6 is 0 Å². The highest BCUT2D eigenvalue weighted by molar-refractivity contribution is 5.92. The third-order valence-corrected chi connectivity index (χ3v) is 6.39. The van der Waals surface area contributed by atoms with Crippen LogP contribution in [0, 0.1) is 16.7 Å². The van der Waals surface area contributed by atoms with E-state index in [0.717, 1.165) is 17.9 Å². The zero-order valence-corrected chi connectivity index (χ0v) is 13.1. The van der Waals surface area contributed by atoms with E-state index in [1.165, 1.54) is 12.8 Å². The molecule has 0 spiro atoms. The summed E-state index contributed by atoms with van der Waals surface area (Å²) in [6.45, 7) is 7.46. The lowest BCUT2D eigenvalue weighted by Gasteiger charge is -2.39. The minimum Gasteiger partial charge on any atom is -0.347 e. The molecule has 1 heterocycles. The Morgan fingerprint density at radius 2 is 2.24 bits per heavy atom.